The summed E-state index contributed by atoms with van der Waals surface area (Å²) in [7, 11) is 0. The van der Waals surface area contributed by atoms with Gasteiger partial charge in [0.15, 0.2) is 0 Å². The molecule has 0 fully saturated rings. The normalized spacial score (nSPS) is 10.5. The van der Waals surface area contributed by atoms with Gasteiger partial charge >= 0.3 is 0 Å². The molecule has 78 valence electrons. The third-order valence-corrected chi connectivity index (χ3v) is 3.45. The summed E-state index contributed by atoms with van der Waals surface area (Å²) < 4.78 is 0. The van der Waals surface area contributed by atoms with Gasteiger partial charge in [-0.1, -0.05) is 24.3 Å². The van der Waals surface area contributed by atoms with Gasteiger partial charge in [0.05, 0.1) is 6.61 Å². The van der Waals surface area contributed by atoms with Crippen molar-refractivity contribution in [3.63, 3.8) is 0 Å². The fourth-order valence-electron chi connectivity index (χ4n) is 1.65. The Morgan fingerprint density at radius 2 is 1.80 bits per heavy atom. The molecule has 1 heterocycles. The van der Waals surface area contributed by atoms with Gasteiger partial charge in [-0.05, 0) is 30.2 Å². The van der Waals surface area contributed by atoms with Gasteiger partial charge in [-0.3, -0.25) is 0 Å². The molecule has 0 aliphatic rings. The van der Waals surface area contributed by atoms with E-state index in [1.807, 2.05) is 29.5 Å². The first kappa shape index (κ1) is 10.4. The van der Waals surface area contributed by atoms with Crippen molar-refractivity contribution in [1.82, 2.24) is 0 Å². The molecule has 0 amide bonds. The second-order valence-corrected chi connectivity index (χ2v) is 4.99. The number of aliphatic hydroxyl groups excluding tert-OH is 1. The van der Waals surface area contributed by atoms with Gasteiger partial charge in [-0.2, -0.15) is 0 Å². The molecule has 0 aliphatic carbocycles. The molecule has 0 radical (unpaired) electrons. The van der Waals surface area contributed by atoms with Crippen LogP contribution in [-0.2, 0) is 13.0 Å². The first-order chi connectivity index (χ1) is 7.29. The standard InChI is InChI=1S/C13H14OS/c1-10-6-7-13(15-10)8-11-4-2-3-5-12(11)9-14/h2-7,14H,8-9H2,1H3. The fraction of sp³-hybridized carbons (Fsp3) is 0.231. The number of benzene rings is 1. The van der Waals surface area contributed by atoms with Crippen LogP contribution in [-0.4, -0.2) is 5.11 Å². The summed E-state index contributed by atoms with van der Waals surface area (Å²) in [6, 6.07) is 12.4. The molecule has 1 N–H and O–H groups in total. The molecule has 0 bridgehead atoms. The van der Waals surface area contributed by atoms with E-state index >= 15 is 0 Å². The minimum atomic E-state index is 0.126. The highest BCUT2D eigenvalue weighted by Gasteiger charge is 2.03. The van der Waals surface area contributed by atoms with E-state index in [1.54, 1.807) is 0 Å². The predicted molar refractivity (Wildman–Crippen MR) is 64.2 cm³/mol. The summed E-state index contributed by atoms with van der Waals surface area (Å²) in [5.74, 6) is 0. The molecule has 0 saturated carbocycles. The lowest BCUT2D eigenvalue weighted by Gasteiger charge is -2.04. The van der Waals surface area contributed by atoms with Crippen LogP contribution in [0.2, 0.25) is 0 Å². The average molecular weight is 218 g/mol. The molecule has 1 aromatic carbocycles. The van der Waals surface area contributed by atoms with Crippen molar-refractivity contribution in [2.45, 2.75) is 20.0 Å². The van der Waals surface area contributed by atoms with Crippen LogP contribution in [0.1, 0.15) is 20.9 Å². The monoisotopic (exact) mass is 218 g/mol. The SMILES string of the molecule is Cc1ccc(Cc2ccccc2CO)s1. The highest BCUT2D eigenvalue weighted by molar-refractivity contribution is 7.11. The molecule has 2 heteroatoms. The summed E-state index contributed by atoms with van der Waals surface area (Å²) >= 11 is 1.82. The molecular weight excluding hydrogens is 204 g/mol. The van der Waals surface area contributed by atoms with Crippen LogP contribution >= 0.6 is 11.3 Å². The molecule has 0 unspecified atom stereocenters. The van der Waals surface area contributed by atoms with Crippen LogP contribution in [0.3, 0.4) is 0 Å². The lowest BCUT2D eigenvalue weighted by molar-refractivity contribution is 0.281. The zero-order valence-corrected chi connectivity index (χ0v) is 9.55. The van der Waals surface area contributed by atoms with Crippen molar-refractivity contribution in [1.29, 1.82) is 0 Å². The van der Waals surface area contributed by atoms with Crippen LogP contribution in [0, 0.1) is 6.92 Å². The van der Waals surface area contributed by atoms with E-state index < -0.39 is 0 Å². The van der Waals surface area contributed by atoms with Crippen molar-refractivity contribution in [3.8, 4) is 0 Å². The summed E-state index contributed by atoms with van der Waals surface area (Å²) in [6.07, 6.45) is 0.926. The second-order valence-electron chi connectivity index (χ2n) is 3.62. The van der Waals surface area contributed by atoms with Crippen LogP contribution in [0.4, 0.5) is 0 Å². The largest absolute Gasteiger partial charge is 0.392 e. The number of aliphatic hydroxyl groups is 1. The second kappa shape index (κ2) is 4.60. The van der Waals surface area contributed by atoms with Gasteiger partial charge in [0.25, 0.3) is 0 Å². The third kappa shape index (κ3) is 2.46. The molecule has 0 saturated heterocycles. The van der Waals surface area contributed by atoms with Crippen LogP contribution < -0.4 is 0 Å². The smallest absolute Gasteiger partial charge is 0.0684 e. The van der Waals surface area contributed by atoms with E-state index in [0.29, 0.717) is 0 Å². The van der Waals surface area contributed by atoms with Crippen LogP contribution in [0.15, 0.2) is 36.4 Å². The Bertz CT molecular complexity index is 445. The Kier molecular flexibility index (Phi) is 3.19. The van der Waals surface area contributed by atoms with E-state index in [4.69, 9.17) is 0 Å². The van der Waals surface area contributed by atoms with E-state index in [0.717, 1.165) is 12.0 Å². The van der Waals surface area contributed by atoms with Gasteiger partial charge in [-0.25, -0.2) is 0 Å². The Morgan fingerprint density at radius 3 is 2.40 bits per heavy atom. The summed E-state index contributed by atoms with van der Waals surface area (Å²) in [6.45, 7) is 2.24. The van der Waals surface area contributed by atoms with Gasteiger partial charge in [0.2, 0.25) is 0 Å². The molecule has 2 aromatic rings. The molecule has 0 spiro atoms. The number of thiophene rings is 1. The third-order valence-electron chi connectivity index (χ3n) is 2.45. The molecule has 0 atom stereocenters. The van der Waals surface area contributed by atoms with Crippen molar-refractivity contribution >= 4 is 11.3 Å². The summed E-state index contributed by atoms with van der Waals surface area (Å²) in [4.78, 5) is 2.69. The Balaban J connectivity index is 2.23. The van der Waals surface area contributed by atoms with Crippen molar-refractivity contribution < 1.29 is 5.11 Å². The van der Waals surface area contributed by atoms with E-state index in [1.165, 1.54) is 15.3 Å². The van der Waals surface area contributed by atoms with Gasteiger partial charge in [0.1, 0.15) is 0 Å². The summed E-state index contributed by atoms with van der Waals surface area (Å²) in [5.41, 5.74) is 2.26. The maximum absolute atomic E-state index is 9.21. The average Bonchev–Trinajstić information content (AvgIpc) is 2.65. The quantitative estimate of drug-likeness (QED) is 0.839. The predicted octanol–water partition coefficient (Wildman–Crippen LogP) is 3.14. The number of aryl methyl sites for hydroxylation is 1. The lowest BCUT2D eigenvalue weighted by Crippen LogP contribution is -1.93. The van der Waals surface area contributed by atoms with Gasteiger partial charge in [0, 0.05) is 16.2 Å². The Hall–Kier alpha value is -1.12. The summed E-state index contributed by atoms with van der Waals surface area (Å²) in [5, 5.41) is 9.21. The van der Waals surface area contributed by atoms with E-state index in [-0.39, 0.29) is 6.61 Å². The molecule has 2 rings (SSSR count). The maximum Gasteiger partial charge on any atom is 0.0684 e. The molecular formula is C13H14OS. The minimum Gasteiger partial charge on any atom is -0.392 e. The number of hydrogen-bond donors (Lipinski definition) is 1. The molecule has 0 aliphatic heterocycles. The lowest BCUT2D eigenvalue weighted by atomic mass is 10.0. The Labute approximate surface area is 94.0 Å². The van der Waals surface area contributed by atoms with Crippen LogP contribution in [0.25, 0.3) is 0 Å². The zero-order valence-electron chi connectivity index (χ0n) is 8.73. The number of rotatable bonds is 3. The molecule has 1 nitrogen and oxygen atoms in total. The van der Waals surface area contributed by atoms with Gasteiger partial charge < -0.3 is 5.11 Å². The zero-order chi connectivity index (χ0) is 10.7. The van der Waals surface area contributed by atoms with Crippen LogP contribution in [0.5, 0.6) is 0 Å². The van der Waals surface area contributed by atoms with Crippen molar-refractivity contribution in [3.05, 3.63) is 57.3 Å². The highest BCUT2D eigenvalue weighted by atomic mass is 32.1. The van der Waals surface area contributed by atoms with Crippen molar-refractivity contribution in [2.24, 2.45) is 0 Å². The highest BCUT2D eigenvalue weighted by Crippen LogP contribution is 2.20. The fourth-order valence-corrected chi connectivity index (χ4v) is 2.57. The van der Waals surface area contributed by atoms with E-state index in [2.05, 4.69) is 25.1 Å². The van der Waals surface area contributed by atoms with Crippen molar-refractivity contribution in [2.75, 3.05) is 0 Å². The minimum absolute atomic E-state index is 0.126. The first-order valence-corrected chi connectivity index (χ1v) is 5.84. The maximum atomic E-state index is 9.21. The Morgan fingerprint density at radius 1 is 1.07 bits per heavy atom. The molecule has 15 heavy (non-hydrogen) atoms. The first-order valence-electron chi connectivity index (χ1n) is 5.02. The molecule has 1 aromatic heterocycles. The number of hydrogen-bond acceptors (Lipinski definition) is 2. The van der Waals surface area contributed by atoms with E-state index in [9.17, 15) is 5.11 Å². The topological polar surface area (TPSA) is 20.2 Å². The van der Waals surface area contributed by atoms with Gasteiger partial charge in [-0.15, -0.1) is 11.3 Å².